The van der Waals surface area contributed by atoms with Gasteiger partial charge >= 0.3 is 0 Å². The number of hydrogen-bond acceptors (Lipinski definition) is 3. The van der Waals surface area contributed by atoms with Crippen molar-refractivity contribution in [1.82, 2.24) is 5.32 Å². The minimum Gasteiger partial charge on any atom is -0.490 e. The molecule has 0 bridgehead atoms. The molecule has 0 amide bonds. The predicted octanol–water partition coefficient (Wildman–Crippen LogP) is 3.17. The maximum absolute atomic E-state index is 5.72. The lowest BCUT2D eigenvalue weighted by Crippen LogP contribution is -2.06. The largest absolute Gasteiger partial charge is 0.490 e. The van der Waals surface area contributed by atoms with E-state index in [-0.39, 0.29) is 0 Å². The Morgan fingerprint density at radius 1 is 1.00 bits per heavy atom. The van der Waals surface area contributed by atoms with Crippen molar-refractivity contribution in [3.63, 3.8) is 0 Å². The second-order valence-corrected chi connectivity index (χ2v) is 5.10. The molecule has 0 radical (unpaired) electrons. The Labute approximate surface area is 116 Å². The fourth-order valence-corrected chi connectivity index (χ4v) is 2.35. The van der Waals surface area contributed by atoms with Crippen LogP contribution in [-0.4, -0.2) is 26.8 Å². The number of unbranched alkanes of at least 4 members (excludes halogenated alkanes) is 3. The zero-order chi connectivity index (χ0) is 13.3. The first-order valence-electron chi connectivity index (χ1n) is 7.43. The van der Waals surface area contributed by atoms with Crippen molar-refractivity contribution in [3.8, 4) is 11.5 Å². The van der Waals surface area contributed by atoms with Crippen LogP contribution in [0.5, 0.6) is 11.5 Å². The molecule has 3 nitrogen and oxygen atoms in total. The monoisotopic (exact) mass is 263 g/mol. The van der Waals surface area contributed by atoms with Crippen molar-refractivity contribution in [2.45, 2.75) is 38.5 Å². The highest BCUT2D eigenvalue weighted by atomic mass is 16.5. The molecular formula is C16H25NO2. The second-order valence-electron chi connectivity index (χ2n) is 5.10. The summed E-state index contributed by atoms with van der Waals surface area (Å²) in [5, 5.41) is 3.19. The molecule has 19 heavy (non-hydrogen) atoms. The van der Waals surface area contributed by atoms with Crippen LogP contribution in [-0.2, 0) is 6.42 Å². The zero-order valence-electron chi connectivity index (χ0n) is 11.9. The first kappa shape index (κ1) is 14.2. The number of benzene rings is 1. The molecule has 0 spiro atoms. The number of fused-ring (bicyclic) bond motifs is 1. The maximum atomic E-state index is 5.72. The van der Waals surface area contributed by atoms with Gasteiger partial charge in [0.05, 0.1) is 13.2 Å². The van der Waals surface area contributed by atoms with Crippen LogP contribution >= 0.6 is 0 Å². The van der Waals surface area contributed by atoms with Crippen LogP contribution < -0.4 is 14.8 Å². The Morgan fingerprint density at radius 3 is 2.63 bits per heavy atom. The SMILES string of the molecule is CNCCCCCCc1ccc2c(c1)OCCCO2. The van der Waals surface area contributed by atoms with E-state index < -0.39 is 0 Å². The van der Waals surface area contributed by atoms with Gasteiger partial charge in [-0.05, 0) is 50.6 Å². The first-order chi connectivity index (χ1) is 9.40. The first-order valence-corrected chi connectivity index (χ1v) is 7.43. The molecule has 0 aliphatic carbocycles. The molecule has 106 valence electrons. The van der Waals surface area contributed by atoms with Crippen molar-refractivity contribution in [3.05, 3.63) is 23.8 Å². The third-order valence-corrected chi connectivity index (χ3v) is 3.45. The summed E-state index contributed by atoms with van der Waals surface area (Å²) < 4.78 is 11.4. The maximum Gasteiger partial charge on any atom is 0.161 e. The summed E-state index contributed by atoms with van der Waals surface area (Å²) in [5.74, 6) is 1.82. The second kappa shape index (κ2) is 8.05. The summed E-state index contributed by atoms with van der Waals surface area (Å²) in [7, 11) is 2.01. The van der Waals surface area contributed by atoms with E-state index >= 15 is 0 Å². The number of rotatable bonds is 7. The number of ether oxygens (including phenoxy) is 2. The fraction of sp³-hybridized carbons (Fsp3) is 0.625. The third kappa shape index (κ3) is 4.75. The highest BCUT2D eigenvalue weighted by Gasteiger charge is 2.10. The molecule has 1 aromatic carbocycles. The smallest absolute Gasteiger partial charge is 0.161 e. The highest BCUT2D eigenvalue weighted by molar-refractivity contribution is 5.43. The van der Waals surface area contributed by atoms with E-state index in [2.05, 4.69) is 23.5 Å². The molecular weight excluding hydrogens is 238 g/mol. The van der Waals surface area contributed by atoms with Gasteiger partial charge in [-0.15, -0.1) is 0 Å². The van der Waals surface area contributed by atoms with Crippen LogP contribution in [0.25, 0.3) is 0 Å². The Hall–Kier alpha value is -1.22. The molecule has 0 fully saturated rings. The molecule has 2 rings (SSSR count). The minimum absolute atomic E-state index is 0.762. The van der Waals surface area contributed by atoms with Gasteiger partial charge in [-0.1, -0.05) is 18.9 Å². The summed E-state index contributed by atoms with van der Waals surface area (Å²) in [6, 6.07) is 6.37. The average Bonchev–Trinajstić information content (AvgIpc) is 2.67. The lowest BCUT2D eigenvalue weighted by Gasteiger charge is -2.09. The van der Waals surface area contributed by atoms with Crippen molar-refractivity contribution >= 4 is 0 Å². The standard InChI is InChI=1S/C16H25NO2/c1-17-10-5-3-2-4-7-14-8-9-15-16(13-14)19-12-6-11-18-15/h8-9,13,17H,2-7,10-12H2,1H3. The van der Waals surface area contributed by atoms with Gasteiger partial charge in [0.2, 0.25) is 0 Å². The Kier molecular flexibility index (Phi) is 6.02. The summed E-state index contributed by atoms with van der Waals surface area (Å²) in [6.07, 6.45) is 7.24. The third-order valence-electron chi connectivity index (χ3n) is 3.45. The van der Waals surface area contributed by atoms with Crippen LogP contribution in [0.1, 0.15) is 37.7 Å². The van der Waals surface area contributed by atoms with Crippen LogP contribution in [0.3, 0.4) is 0 Å². The molecule has 1 heterocycles. The molecule has 0 aromatic heterocycles. The predicted molar refractivity (Wildman–Crippen MR) is 78.1 cm³/mol. The molecule has 1 aliphatic heterocycles. The summed E-state index contributed by atoms with van der Waals surface area (Å²) in [4.78, 5) is 0. The van der Waals surface area contributed by atoms with Gasteiger partial charge in [0, 0.05) is 6.42 Å². The lowest BCUT2D eigenvalue weighted by molar-refractivity contribution is 0.297. The van der Waals surface area contributed by atoms with Crippen LogP contribution in [0, 0.1) is 0 Å². The molecule has 1 N–H and O–H groups in total. The van der Waals surface area contributed by atoms with Crippen molar-refractivity contribution in [2.75, 3.05) is 26.8 Å². The number of hydrogen-bond donors (Lipinski definition) is 1. The molecule has 3 heteroatoms. The summed E-state index contributed by atoms with van der Waals surface area (Å²) in [6.45, 7) is 2.66. The van der Waals surface area contributed by atoms with Crippen LogP contribution in [0.15, 0.2) is 18.2 Å². The zero-order valence-corrected chi connectivity index (χ0v) is 11.9. The fourth-order valence-electron chi connectivity index (χ4n) is 2.35. The Bertz CT molecular complexity index is 379. The van der Waals surface area contributed by atoms with E-state index in [0.29, 0.717) is 0 Å². The van der Waals surface area contributed by atoms with Gasteiger partial charge in [-0.3, -0.25) is 0 Å². The van der Waals surface area contributed by atoms with Crippen molar-refractivity contribution < 1.29 is 9.47 Å². The highest BCUT2D eigenvalue weighted by Crippen LogP contribution is 2.30. The number of nitrogens with one attached hydrogen (secondary N) is 1. The van der Waals surface area contributed by atoms with E-state index in [1.807, 2.05) is 7.05 Å². The average molecular weight is 263 g/mol. The van der Waals surface area contributed by atoms with Gasteiger partial charge in [-0.2, -0.15) is 0 Å². The van der Waals surface area contributed by atoms with Gasteiger partial charge in [0.25, 0.3) is 0 Å². The molecule has 1 aliphatic rings. The quantitative estimate of drug-likeness (QED) is 0.766. The Balaban J connectivity index is 1.76. The molecule has 0 saturated carbocycles. The van der Waals surface area contributed by atoms with E-state index in [1.165, 1.54) is 31.2 Å². The van der Waals surface area contributed by atoms with E-state index in [4.69, 9.17) is 9.47 Å². The van der Waals surface area contributed by atoms with Crippen molar-refractivity contribution in [1.29, 1.82) is 0 Å². The summed E-state index contributed by atoms with van der Waals surface area (Å²) >= 11 is 0. The van der Waals surface area contributed by atoms with Crippen LogP contribution in [0.2, 0.25) is 0 Å². The Morgan fingerprint density at radius 2 is 1.79 bits per heavy atom. The molecule has 0 atom stereocenters. The lowest BCUT2D eigenvalue weighted by atomic mass is 10.1. The van der Waals surface area contributed by atoms with Crippen LogP contribution in [0.4, 0.5) is 0 Å². The normalized spacial score (nSPS) is 14.2. The topological polar surface area (TPSA) is 30.5 Å². The van der Waals surface area contributed by atoms with E-state index in [0.717, 1.165) is 44.1 Å². The van der Waals surface area contributed by atoms with Gasteiger partial charge in [0.15, 0.2) is 11.5 Å². The molecule has 0 saturated heterocycles. The van der Waals surface area contributed by atoms with Gasteiger partial charge in [-0.25, -0.2) is 0 Å². The summed E-state index contributed by atoms with van der Waals surface area (Å²) in [5.41, 5.74) is 1.36. The van der Waals surface area contributed by atoms with E-state index in [1.54, 1.807) is 0 Å². The molecule has 1 aromatic rings. The van der Waals surface area contributed by atoms with Gasteiger partial charge in [0.1, 0.15) is 0 Å². The van der Waals surface area contributed by atoms with E-state index in [9.17, 15) is 0 Å². The van der Waals surface area contributed by atoms with Crippen molar-refractivity contribution in [2.24, 2.45) is 0 Å². The number of aryl methyl sites for hydroxylation is 1. The minimum atomic E-state index is 0.762. The molecule has 0 unspecified atom stereocenters. The van der Waals surface area contributed by atoms with Gasteiger partial charge < -0.3 is 14.8 Å².